The summed E-state index contributed by atoms with van der Waals surface area (Å²) in [5.74, 6) is 0. The zero-order valence-electron chi connectivity index (χ0n) is 10.0. The Morgan fingerprint density at radius 2 is 1.65 bits per heavy atom. The molecule has 0 amide bonds. The van der Waals surface area contributed by atoms with Crippen molar-refractivity contribution >= 4 is 11.8 Å². The Morgan fingerprint density at radius 3 is 2.47 bits per heavy atom. The van der Waals surface area contributed by atoms with Crippen molar-refractivity contribution in [3.05, 3.63) is 65.7 Å². The Bertz CT molecular complexity index is 518. The molecule has 17 heavy (non-hydrogen) atoms. The van der Waals surface area contributed by atoms with E-state index in [0.29, 0.717) is 0 Å². The Labute approximate surface area is 107 Å². The molecule has 0 radical (unpaired) electrons. The molecule has 1 heterocycles. The normalized spacial score (nSPS) is 23.1. The van der Waals surface area contributed by atoms with Crippen LogP contribution in [0.1, 0.15) is 24.5 Å². The van der Waals surface area contributed by atoms with Crippen molar-refractivity contribution in [2.24, 2.45) is 0 Å². The van der Waals surface area contributed by atoms with Crippen LogP contribution in [0.5, 0.6) is 0 Å². The molecule has 3 rings (SSSR count). The average Bonchev–Trinajstić information content (AvgIpc) is 2.40. The van der Waals surface area contributed by atoms with Gasteiger partial charge in [-0.3, -0.25) is 0 Å². The number of hydrogen-bond acceptors (Lipinski definition) is 1. The maximum Gasteiger partial charge on any atom is 0.0430 e. The topological polar surface area (TPSA) is 0 Å². The second kappa shape index (κ2) is 4.23. The molecule has 0 nitrogen and oxygen atoms in total. The van der Waals surface area contributed by atoms with Crippen LogP contribution < -0.4 is 0 Å². The van der Waals surface area contributed by atoms with Gasteiger partial charge in [-0.25, -0.2) is 0 Å². The van der Waals surface area contributed by atoms with Gasteiger partial charge in [0.05, 0.1) is 0 Å². The zero-order chi connectivity index (χ0) is 11.7. The van der Waals surface area contributed by atoms with Crippen molar-refractivity contribution in [2.75, 3.05) is 0 Å². The van der Waals surface area contributed by atoms with Crippen LogP contribution in [0.25, 0.3) is 0 Å². The highest BCUT2D eigenvalue weighted by Crippen LogP contribution is 2.49. The Kier molecular flexibility index (Phi) is 2.71. The molecule has 0 spiro atoms. The molecule has 1 aliphatic heterocycles. The second-order valence-corrected chi connectivity index (χ2v) is 6.35. The Hall–Kier alpha value is -1.21. The van der Waals surface area contributed by atoms with Gasteiger partial charge < -0.3 is 0 Å². The lowest BCUT2D eigenvalue weighted by Crippen LogP contribution is -2.22. The van der Waals surface area contributed by atoms with Crippen LogP contribution in [0, 0.1) is 0 Å². The molecule has 0 aliphatic carbocycles. The van der Waals surface area contributed by atoms with E-state index in [1.165, 1.54) is 28.9 Å². The number of rotatable bonds is 1. The lowest BCUT2D eigenvalue weighted by molar-refractivity contribution is 0.603. The fourth-order valence-corrected chi connectivity index (χ4v) is 3.86. The van der Waals surface area contributed by atoms with Crippen LogP contribution in [0.3, 0.4) is 0 Å². The van der Waals surface area contributed by atoms with Crippen LogP contribution in [0.2, 0.25) is 0 Å². The third-order valence-electron chi connectivity index (χ3n) is 3.56. The van der Waals surface area contributed by atoms with Crippen molar-refractivity contribution < 1.29 is 0 Å². The van der Waals surface area contributed by atoms with E-state index >= 15 is 0 Å². The van der Waals surface area contributed by atoms with Gasteiger partial charge in [0.2, 0.25) is 0 Å². The van der Waals surface area contributed by atoms with Crippen LogP contribution >= 0.6 is 11.8 Å². The van der Waals surface area contributed by atoms with E-state index in [4.69, 9.17) is 0 Å². The predicted molar refractivity (Wildman–Crippen MR) is 74.4 cm³/mol. The summed E-state index contributed by atoms with van der Waals surface area (Å²) in [5.41, 5.74) is 2.95. The van der Waals surface area contributed by atoms with E-state index in [1.54, 1.807) is 0 Å². The summed E-state index contributed by atoms with van der Waals surface area (Å²) in [5, 5.41) is 0. The molecule has 86 valence electrons. The molecule has 1 unspecified atom stereocenters. The highest BCUT2D eigenvalue weighted by atomic mass is 32.2. The minimum atomic E-state index is 0.232. The van der Waals surface area contributed by atoms with Gasteiger partial charge in [-0.1, -0.05) is 48.5 Å². The average molecular weight is 240 g/mol. The molecule has 0 saturated heterocycles. The van der Waals surface area contributed by atoms with Crippen molar-refractivity contribution in [3.8, 4) is 0 Å². The maximum atomic E-state index is 2.36. The van der Waals surface area contributed by atoms with Crippen LogP contribution in [0.4, 0.5) is 0 Å². The van der Waals surface area contributed by atoms with E-state index in [2.05, 4.69) is 61.5 Å². The van der Waals surface area contributed by atoms with Gasteiger partial charge in [0.15, 0.2) is 0 Å². The summed E-state index contributed by atoms with van der Waals surface area (Å²) in [6.45, 7) is 2.36. The molecule has 0 aromatic heterocycles. The Morgan fingerprint density at radius 1 is 0.941 bits per heavy atom. The first-order valence-corrected chi connectivity index (χ1v) is 6.92. The second-order valence-electron chi connectivity index (χ2n) is 4.81. The van der Waals surface area contributed by atoms with Gasteiger partial charge in [0, 0.05) is 9.64 Å². The van der Waals surface area contributed by atoms with E-state index in [1.807, 2.05) is 11.8 Å². The first-order chi connectivity index (χ1) is 8.28. The molecular formula is C16H16S. The van der Waals surface area contributed by atoms with E-state index in [9.17, 15) is 0 Å². The fourth-order valence-electron chi connectivity index (χ4n) is 2.47. The summed E-state index contributed by atoms with van der Waals surface area (Å²) in [6.07, 6.45) is 2.41. The molecule has 0 fully saturated rings. The number of benzene rings is 2. The maximum absolute atomic E-state index is 2.36. The van der Waals surface area contributed by atoms with Crippen LogP contribution in [-0.2, 0) is 11.2 Å². The van der Waals surface area contributed by atoms with Crippen LogP contribution in [0.15, 0.2) is 59.5 Å². The lowest BCUT2D eigenvalue weighted by atomic mass is 9.92. The highest BCUT2D eigenvalue weighted by Gasteiger charge is 2.31. The monoisotopic (exact) mass is 240 g/mol. The summed E-state index contributed by atoms with van der Waals surface area (Å²) in [4.78, 5) is 1.45. The predicted octanol–water partition coefficient (Wildman–Crippen LogP) is 4.64. The number of thioether (sulfide) groups is 1. The SMILES string of the molecule is CC1(c2ccccc2)CCc2ccccc2S1. The molecule has 1 atom stereocenters. The number of aryl methyl sites for hydroxylation is 1. The third-order valence-corrected chi connectivity index (χ3v) is 5.07. The molecule has 2 aromatic carbocycles. The van der Waals surface area contributed by atoms with Crippen molar-refractivity contribution in [2.45, 2.75) is 29.4 Å². The molecule has 1 aliphatic rings. The van der Waals surface area contributed by atoms with Gasteiger partial charge in [-0.15, -0.1) is 11.8 Å². The number of fused-ring (bicyclic) bond motifs is 1. The molecule has 0 saturated carbocycles. The van der Waals surface area contributed by atoms with E-state index in [-0.39, 0.29) is 4.75 Å². The van der Waals surface area contributed by atoms with Gasteiger partial charge in [0.1, 0.15) is 0 Å². The zero-order valence-corrected chi connectivity index (χ0v) is 10.8. The van der Waals surface area contributed by atoms with Crippen LogP contribution in [-0.4, -0.2) is 0 Å². The summed E-state index contributed by atoms with van der Waals surface area (Å²) in [7, 11) is 0. The first kappa shape index (κ1) is 10.9. The summed E-state index contributed by atoms with van der Waals surface area (Å²) < 4.78 is 0.232. The fraction of sp³-hybridized carbons (Fsp3) is 0.250. The summed E-state index contributed by atoms with van der Waals surface area (Å²) in [6, 6.07) is 19.7. The standard InChI is InChI=1S/C16H16S/c1-16(14-8-3-2-4-9-14)12-11-13-7-5-6-10-15(13)17-16/h2-10H,11-12H2,1H3. The van der Waals surface area contributed by atoms with Crippen molar-refractivity contribution in [3.63, 3.8) is 0 Å². The molecule has 0 bridgehead atoms. The third kappa shape index (κ3) is 2.00. The quantitative estimate of drug-likeness (QED) is 0.699. The summed E-state index contributed by atoms with van der Waals surface area (Å²) >= 11 is 2.01. The van der Waals surface area contributed by atoms with E-state index in [0.717, 1.165) is 0 Å². The van der Waals surface area contributed by atoms with Gasteiger partial charge >= 0.3 is 0 Å². The van der Waals surface area contributed by atoms with Gasteiger partial charge in [-0.05, 0) is 37.0 Å². The molecule has 1 heteroatoms. The molecular weight excluding hydrogens is 224 g/mol. The van der Waals surface area contributed by atoms with Gasteiger partial charge in [-0.2, -0.15) is 0 Å². The van der Waals surface area contributed by atoms with Crippen molar-refractivity contribution in [1.29, 1.82) is 0 Å². The first-order valence-electron chi connectivity index (χ1n) is 6.10. The number of hydrogen-bond donors (Lipinski definition) is 0. The Balaban J connectivity index is 1.98. The van der Waals surface area contributed by atoms with Gasteiger partial charge in [0.25, 0.3) is 0 Å². The smallest absolute Gasteiger partial charge is 0.0430 e. The minimum Gasteiger partial charge on any atom is -0.114 e. The minimum absolute atomic E-state index is 0.232. The highest BCUT2D eigenvalue weighted by molar-refractivity contribution is 8.00. The van der Waals surface area contributed by atoms with E-state index < -0.39 is 0 Å². The lowest BCUT2D eigenvalue weighted by Gasteiger charge is -2.34. The molecule has 0 N–H and O–H groups in total. The molecule has 2 aromatic rings. The largest absolute Gasteiger partial charge is 0.114 e. The van der Waals surface area contributed by atoms with Crippen molar-refractivity contribution in [1.82, 2.24) is 0 Å².